The number of aromatic nitrogens is 2. The van der Waals surface area contributed by atoms with Gasteiger partial charge in [0.15, 0.2) is 0 Å². The maximum atomic E-state index is 9.18. The molecule has 2 aromatic rings. The first-order valence-electron chi connectivity index (χ1n) is 6.19. The SMILES string of the molecule is Cc1noc(C)c1C(C)n1c(C)c(C)c(C#N)c1N. The van der Waals surface area contributed by atoms with E-state index in [1.807, 2.05) is 39.2 Å². The van der Waals surface area contributed by atoms with Gasteiger partial charge in [0.2, 0.25) is 0 Å². The van der Waals surface area contributed by atoms with Crippen LogP contribution in [0.15, 0.2) is 4.52 Å². The quantitative estimate of drug-likeness (QED) is 0.898. The van der Waals surface area contributed by atoms with Crippen molar-refractivity contribution in [1.29, 1.82) is 5.26 Å². The zero-order valence-corrected chi connectivity index (χ0v) is 11.9. The molecule has 0 aromatic carbocycles. The summed E-state index contributed by atoms with van der Waals surface area (Å²) in [4.78, 5) is 0. The predicted octanol–water partition coefficient (Wildman–Crippen LogP) is 2.77. The molecule has 0 fully saturated rings. The van der Waals surface area contributed by atoms with Crippen LogP contribution in [0.3, 0.4) is 0 Å². The van der Waals surface area contributed by atoms with Crippen molar-refractivity contribution in [2.24, 2.45) is 0 Å². The number of anilines is 1. The zero-order valence-electron chi connectivity index (χ0n) is 11.9. The van der Waals surface area contributed by atoms with E-state index in [0.717, 1.165) is 28.3 Å². The van der Waals surface area contributed by atoms with Gasteiger partial charge in [-0.2, -0.15) is 5.26 Å². The van der Waals surface area contributed by atoms with Crippen LogP contribution in [-0.2, 0) is 0 Å². The highest BCUT2D eigenvalue weighted by Crippen LogP contribution is 2.33. The molecule has 0 bridgehead atoms. The minimum Gasteiger partial charge on any atom is -0.384 e. The van der Waals surface area contributed by atoms with Crippen LogP contribution in [0.1, 0.15) is 46.8 Å². The van der Waals surface area contributed by atoms with Crippen LogP contribution in [0.5, 0.6) is 0 Å². The molecule has 0 aliphatic heterocycles. The molecule has 0 aliphatic carbocycles. The molecule has 19 heavy (non-hydrogen) atoms. The van der Waals surface area contributed by atoms with Crippen molar-refractivity contribution < 1.29 is 4.52 Å². The van der Waals surface area contributed by atoms with E-state index in [1.165, 1.54) is 0 Å². The van der Waals surface area contributed by atoms with E-state index in [4.69, 9.17) is 10.3 Å². The Morgan fingerprint density at radius 1 is 1.32 bits per heavy atom. The maximum Gasteiger partial charge on any atom is 0.139 e. The molecular weight excluding hydrogens is 240 g/mol. The third-order valence-electron chi connectivity index (χ3n) is 3.80. The molecule has 0 amide bonds. The second-order valence-electron chi connectivity index (χ2n) is 4.87. The molecule has 2 heterocycles. The fraction of sp³-hybridized carbons (Fsp3) is 0.429. The molecule has 0 radical (unpaired) electrons. The first-order valence-corrected chi connectivity index (χ1v) is 6.19. The molecule has 5 heteroatoms. The second kappa shape index (κ2) is 4.47. The summed E-state index contributed by atoms with van der Waals surface area (Å²) >= 11 is 0. The van der Waals surface area contributed by atoms with Gasteiger partial charge < -0.3 is 14.8 Å². The molecule has 0 saturated carbocycles. The molecule has 1 atom stereocenters. The lowest BCUT2D eigenvalue weighted by Gasteiger charge is -2.18. The predicted molar refractivity (Wildman–Crippen MR) is 72.8 cm³/mol. The normalized spacial score (nSPS) is 12.4. The highest BCUT2D eigenvalue weighted by atomic mass is 16.5. The van der Waals surface area contributed by atoms with Gasteiger partial charge in [-0.3, -0.25) is 0 Å². The van der Waals surface area contributed by atoms with Crippen LogP contribution in [0, 0.1) is 39.0 Å². The van der Waals surface area contributed by atoms with E-state index in [1.54, 1.807) is 0 Å². The molecule has 2 aromatic heterocycles. The number of nitrogens with zero attached hydrogens (tertiary/aromatic N) is 3. The van der Waals surface area contributed by atoms with E-state index < -0.39 is 0 Å². The van der Waals surface area contributed by atoms with Gasteiger partial charge in [0.1, 0.15) is 17.6 Å². The minimum absolute atomic E-state index is 0.00736. The van der Waals surface area contributed by atoms with E-state index in [2.05, 4.69) is 11.2 Å². The van der Waals surface area contributed by atoms with Crippen LogP contribution >= 0.6 is 0 Å². The number of hydrogen-bond acceptors (Lipinski definition) is 4. The van der Waals surface area contributed by atoms with E-state index in [0.29, 0.717) is 11.4 Å². The van der Waals surface area contributed by atoms with Gasteiger partial charge in [-0.25, -0.2) is 0 Å². The Hall–Kier alpha value is -2.22. The van der Waals surface area contributed by atoms with Gasteiger partial charge in [-0.1, -0.05) is 5.16 Å². The number of rotatable bonds is 2. The minimum atomic E-state index is -0.00736. The van der Waals surface area contributed by atoms with Crippen molar-refractivity contribution in [3.8, 4) is 6.07 Å². The standard InChI is InChI=1S/C14H18N4O/c1-7-9(3)18(14(16)12(7)6-15)10(4)13-8(2)17-19-11(13)5/h10H,16H2,1-5H3. The summed E-state index contributed by atoms with van der Waals surface area (Å²) in [6.45, 7) is 9.73. The van der Waals surface area contributed by atoms with Crippen molar-refractivity contribution in [2.75, 3.05) is 5.73 Å². The molecule has 0 aliphatic rings. The van der Waals surface area contributed by atoms with Crippen molar-refractivity contribution in [2.45, 2.75) is 40.7 Å². The molecule has 0 spiro atoms. The van der Waals surface area contributed by atoms with Crippen LogP contribution in [-0.4, -0.2) is 9.72 Å². The summed E-state index contributed by atoms with van der Waals surface area (Å²) in [6.07, 6.45) is 0. The first-order chi connectivity index (χ1) is 8.90. The number of hydrogen-bond donors (Lipinski definition) is 1. The number of nitrogen functional groups attached to an aromatic ring is 1. The van der Waals surface area contributed by atoms with E-state index >= 15 is 0 Å². The van der Waals surface area contributed by atoms with Gasteiger partial charge in [-0.15, -0.1) is 0 Å². The monoisotopic (exact) mass is 258 g/mol. The van der Waals surface area contributed by atoms with Crippen molar-refractivity contribution >= 4 is 5.82 Å². The molecule has 2 N–H and O–H groups in total. The third-order valence-corrected chi connectivity index (χ3v) is 3.80. The Balaban J connectivity index is 2.64. The largest absolute Gasteiger partial charge is 0.384 e. The fourth-order valence-corrected chi connectivity index (χ4v) is 2.71. The zero-order chi connectivity index (χ0) is 14.3. The summed E-state index contributed by atoms with van der Waals surface area (Å²) < 4.78 is 7.18. The van der Waals surface area contributed by atoms with Gasteiger partial charge >= 0.3 is 0 Å². The van der Waals surface area contributed by atoms with Crippen molar-refractivity contribution in [1.82, 2.24) is 9.72 Å². The van der Waals surface area contributed by atoms with Crippen LogP contribution < -0.4 is 5.73 Å². The average Bonchev–Trinajstić information content (AvgIpc) is 2.79. The summed E-state index contributed by atoms with van der Waals surface area (Å²) in [5, 5.41) is 13.2. The number of aryl methyl sites for hydroxylation is 2. The van der Waals surface area contributed by atoms with Crippen molar-refractivity contribution in [3.63, 3.8) is 0 Å². The van der Waals surface area contributed by atoms with Crippen LogP contribution in [0.2, 0.25) is 0 Å². The maximum absolute atomic E-state index is 9.18. The molecule has 2 rings (SSSR count). The lowest BCUT2D eigenvalue weighted by molar-refractivity contribution is 0.391. The lowest BCUT2D eigenvalue weighted by atomic mass is 10.1. The van der Waals surface area contributed by atoms with Gasteiger partial charge in [0, 0.05) is 11.3 Å². The number of nitrogens with two attached hydrogens (primary N) is 1. The van der Waals surface area contributed by atoms with E-state index in [9.17, 15) is 5.26 Å². The van der Waals surface area contributed by atoms with Gasteiger partial charge in [0.25, 0.3) is 0 Å². The smallest absolute Gasteiger partial charge is 0.139 e. The summed E-state index contributed by atoms with van der Waals surface area (Å²) in [6, 6.07) is 2.16. The summed E-state index contributed by atoms with van der Waals surface area (Å²) in [5.41, 5.74) is 10.5. The lowest BCUT2D eigenvalue weighted by Crippen LogP contribution is -2.13. The Morgan fingerprint density at radius 2 is 1.95 bits per heavy atom. The Kier molecular flexibility index (Phi) is 3.11. The third kappa shape index (κ3) is 1.80. The van der Waals surface area contributed by atoms with E-state index in [-0.39, 0.29) is 6.04 Å². The Bertz CT molecular complexity index is 653. The fourth-order valence-electron chi connectivity index (χ4n) is 2.71. The molecule has 1 unspecified atom stereocenters. The molecule has 100 valence electrons. The highest BCUT2D eigenvalue weighted by molar-refractivity contribution is 5.58. The average molecular weight is 258 g/mol. The highest BCUT2D eigenvalue weighted by Gasteiger charge is 2.24. The molecule has 0 saturated heterocycles. The van der Waals surface area contributed by atoms with Crippen molar-refractivity contribution in [3.05, 3.63) is 33.8 Å². The summed E-state index contributed by atoms with van der Waals surface area (Å²) in [7, 11) is 0. The second-order valence-corrected chi connectivity index (χ2v) is 4.87. The Morgan fingerprint density at radius 3 is 2.37 bits per heavy atom. The van der Waals surface area contributed by atoms with Gasteiger partial charge in [0.05, 0.1) is 17.3 Å². The van der Waals surface area contributed by atoms with Crippen LogP contribution in [0.4, 0.5) is 5.82 Å². The van der Waals surface area contributed by atoms with Gasteiger partial charge in [-0.05, 0) is 40.2 Å². The first kappa shape index (κ1) is 13.2. The number of nitriles is 1. The molecular formula is C14H18N4O. The topological polar surface area (TPSA) is 80.8 Å². The molecule has 5 nitrogen and oxygen atoms in total. The van der Waals surface area contributed by atoms with Crippen LogP contribution in [0.25, 0.3) is 0 Å². The summed E-state index contributed by atoms with van der Waals surface area (Å²) in [5.74, 6) is 1.29. The Labute approximate surface area is 112 Å².